The van der Waals surface area contributed by atoms with Crippen LogP contribution in [0.5, 0.6) is 0 Å². The molecule has 0 aliphatic carbocycles. The van der Waals surface area contributed by atoms with Crippen LogP contribution in [-0.4, -0.2) is 39.3 Å². The van der Waals surface area contributed by atoms with Crippen molar-refractivity contribution in [2.75, 3.05) is 6.61 Å². The number of aliphatic hydroxyl groups excluding tert-OH is 1. The molecule has 0 amide bonds. The first-order chi connectivity index (χ1) is 3.50. The molecule has 0 spiro atoms. The molecule has 0 radical (unpaired) electrons. The number of carboxylic acid groups (broad SMARTS) is 1. The molecule has 0 saturated heterocycles. The second-order valence-corrected chi connectivity index (χ2v) is 1.72. The Morgan fingerprint density at radius 2 is 1.75 bits per heavy atom. The van der Waals surface area contributed by atoms with Crippen LogP contribution in [-0.2, 0) is 4.79 Å². The third-order valence-electron chi connectivity index (χ3n) is 0.748. The second-order valence-electron chi connectivity index (χ2n) is 1.72. The SMILES string of the molecule is C[C@](O)(CO)C(=O)[O-].O.[Li+].[Li+].[OH-]. The van der Waals surface area contributed by atoms with E-state index in [1.807, 2.05) is 0 Å². The molecule has 0 unspecified atom stereocenters. The van der Waals surface area contributed by atoms with Crippen LogP contribution in [0.4, 0.5) is 0 Å². The maximum absolute atomic E-state index is 9.73. The van der Waals surface area contributed by atoms with Gasteiger partial charge in [-0.15, -0.1) is 0 Å². The third-order valence-corrected chi connectivity index (χ3v) is 0.748. The van der Waals surface area contributed by atoms with E-state index in [0.29, 0.717) is 0 Å². The average molecular weight is 168 g/mol. The quantitative estimate of drug-likeness (QED) is 0.393. The van der Waals surface area contributed by atoms with Crippen molar-refractivity contribution in [3.63, 3.8) is 0 Å². The van der Waals surface area contributed by atoms with Gasteiger partial charge < -0.3 is 31.1 Å². The van der Waals surface area contributed by atoms with E-state index >= 15 is 0 Å². The predicted molar refractivity (Wildman–Crippen MR) is 28.3 cm³/mol. The van der Waals surface area contributed by atoms with Gasteiger partial charge in [-0.1, -0.05) is 0 Å². The zero-order chi connectivity index (χ0) is 6.78. The molecule has 64 valence electrons. The Bertz CT molecular complexity index is 106. The van der Waals surface area contributed by atoms with Crippen LogP contribution in [0.1, 0.15) is 6.92 Å². The van der Waals surface area contributed by atoms with E-state index in [4.69, 9.17) is 10.2 Å². The minimum atomic E-state index is -2.10. The first kappa shape index (κ1) is 29.4. The summed E-state index contributed by atoms with van der Waals surface area (Å²) in [5, 5.41) is 26.3. The number of carbonyl (C=O) groups excluding carboxylic acids is 1. The summed E-state index contributed by atoms with van der Waals surface area (Å²) in [4.78, 5) is 9.73. The molecule has 6 nitrogen and oxygen atoms in total. The van der Waals surface area contributed by atoms with Gasteiger partial charge in [-0.25, -0.2) is 0 Å². The molecule has 8 heteroatoms. The van der Waals surface area contributed by atoms with E-state index in [9.17, 15) is 9.90 Å². The summed E-state index contributed by atoms with van der Waals surface area (Å²) in [6.45, 7) is 0.137. The maximum atomic E-state index is 9.73. The fourth-order valence-electron chi connectivity index (χ4n) is 0.0645. The van der Waals surface area contributed by atoms with E-state index in [-0.39, 0.29) is 48.7 Å². The van der Waals surface area contributed by atoms with Gasteiger partial charge in [-0.05, 0) is 6.92 Å². The molecule has 5 N–H and O–H groups in total. The smallest absolute Gasteiger partial charge is 0.870 e. The first-order valence-corrected chi connectivity index (χ1v) is 2.05. The Hall–Kier alpha value is 0.505. The topological polar surface area (TPSA) is 142 Å². The van der Waals surface area contributed by atoms with E-state index in [1.165, 1.54) is 0 Å². The minimum Gasteiger partial charge on any atom is -0.870 e. The zero-order valence-corrected chi connectivity index (χ0v) is 7.37. The van der Waals surface area contributed by atoms with Crippen molar-refractivity contribution in [3.05, 3.63) is 0 Å². The van der Waals surface area contributed by atoms with Crippen LogP contribution in [0.15, 0.2) is 0 Å². The van der Waals surface area contributed by atoms with Crippen LogP contribution in [0, 0.1) is 0 Å². The molecule has 1 atom stereocenters. The molecular weight excluding hydrogens is 158 g/mol. The summed E-state index contributed by atoms with van der Waals surface area (Å²) in [5.41, 5.74) is -2.10. The molecule has 0 bridgehead atoms. The molecular formula is C4H10Li2O6. The molecule has 0 saturated carbocycles. The fourth-order valence-corrected chi connectivity index (χ4v) is 0.0645. The number of hydrogen-bond acceptors (Lipinski definition) is 5. The summed E-state index contributed by atoms with van der Waals surface area (Å²) < 4.78 is 0. The Kier molecular flexibility index (Phi) is 28.2. The van der Waals surface area contributed by atoms with Gasteiger partial charge in [0.1, 0.15) is 5.60 Å². The van der Waals surface area contributed by atoms with Gasteiger partial charge in [0, 0.05) is 0 Å². The Morgan fingerprint density at radius 3 is 1.75 bits per heavy atom. The van der Waals surface area contributed by atoms with Crippen LogP contribution in [0.25, 0.3) is 0 Å². The van der Waals surface area contributed by atoms with Gasteiger partial charge in [0.05, 0.1) is 12.6 Å². The Labute approximate surface area is 93.9 Å². The van der Waals surface area contributed by atoms with Gasteiger partial charge in [-0.2, -0.15) is 0 Å². The monoisotopic (exact) mass is 168 g/mol. The molecule has 0 aliphatic heterocycles. The number of aliphatic hydroxyl groups is 2. The molecule has 0 aliphatic rings. The maximum Gasteiger partial charge on any atom is 1.00 e. The number of hydrogen-bond donors (Lipinski definition) is 2. The van der Waals surface area contributed by atoms with E-state index in [1.54, 1.807) is 0 Å². The number of aliphatic carboxylic acids is 1. The average Bonchev–Trinajstić information content (AvgIpc) is 1.67. The van der Waals surface area contributed by atoms with Crippen molar-refractivity contribution in [1.82, 2.24) is 0 Å². The summed E-state index contributed by atoms with van der Waals surface area (Å²) in [5.74, 6) is -1.67. The normalized spacial score (nSPS) is 11.6. The largest absolute Gasteiger partial charge is 1.00 e. The molecule has 0 aromatic carbocycles. The molecule has 0 fully saturated rings. The van der Waals surface area contributed by atoms with E-state index in [0.717, 1.165) is 6.92 Å². The van der Waals surface area contributed by atoms with Gasteiger partial charge >= 0.3 is 37.7 Å². The van der Waals surface area contributed by atoms with Gasteiger partial charge in [0.25, 0.3) is 0 Å². The van der Waals surface area contributed by atoms with Crippen molar-refractivity contribution in [3.8, 4) is 0 Å². The summed E-state index contributed by atoms with van der Waals surface area (Å²) in [6, 6.07) is 0. The summed E-state index contributed by atoms with van der Waals surface area (Å²) >= 11 is 0. The van der Waals surface area contributed by atoms with Crippen molar-refractivity contribution in [2.24, 2.45) is 0 Å². The standard InChI is InChI=1S/C4H8O4.2Li.2H2O/c1-4(8,2-5)3(6)7;;;;/h5,8H,2H2,1H3,(H,6,7);;;2*1H2/q;2*+1;;/p-2/t4-;;;;/m0..../s1. The van der Waals surface area contributed by atoms with Crippen molar-refractivity contribution in [2.45, 2.75) is 12.5 Å². The van der Waals surface area contributed by atoms with Crippen molar-refractivity contribution in [1.29, 1.82) is 0 Å². The number of carbonyl (C=O) groups is 1. The minimum absolute atomic E-state index is 0. The second kappa shape index (κ2) is 11.5. The van der Waals surface area contributed by atoms with Crippen LogP contribution in [0.3, 0.4) is 0 Å². The first-order valence-electron chi connectivity index (χ1n) is 2.05. The van der Waals surface area contributed by atoms with Crippen molar-refractivity contribution >= 4 is 5.97 Å². The molecule has 12 heavy (non-hydrogen) atoms. The molecule has 0 heterocycles. The third kappa shape index (κ3) is 10.5. The fraction of sp³-hybridized carbons (Fsp3) is 0.750. The summed E-state index contributed by atoms with van der Waals surface area (Å²) in [7, 11) is 0. The molecule has 0 rings (SSSR count). The van der Waals surface area contributed by atoms with Gasteiger partial charge in [-0.3, -0.25) is 0 Å². The molecule has 0 aromatic heterocycles. The number of carboxylic acids is 1. The zero-order valence-electron chi connectivity index (χ0n) is 7.37. The van der Waals surface area contributed by atoms with Gasteiger partial charge in [0.15, 0.2) is 0 Å². The number of rotatable bonds is 2. The summed E-state index contributed by atoms with van der Waals surface area (Å²) in [6.07, 6.45) is 0. The van der Waals surface area contributed by atoms with Crippen LogP contribution in [0.2, 0.25) is 0 Å². The van der Waals surface area contributed by atoms with Crippen LogP contribution < -0.4 is 42.8 Å². The predicted octanol–water partition coefficient (Wildman–Crippen LogP) is -9.51. The van der Waals surface area contributed by atoms with E-state index in [2.05, 4.69) is 0 Å². The molecule has 0 aromatic rings. The van der Waals surface area contributed by atoms with Crippen LogP contribution >= 0.6 is 0 Å². The van der Waals surface area contributed by atoms with Gasteiger partial charge in [0.2, 0.25) is 0 Å². The Balaban J connectivity index is -0.0000000408. The Morgan fingerprint density at radius 1 is 1.50 bits per heavy atom. The van der Waals surface area contributed by atoms with Crippen molar-refractivity contribution < 1.29 is 68.8 Å². The van der Waals surface area contributed by atoms with E-state index < -0.39 is 18.2 Å².